The van der Waals surface area contributed by atoms with Crippen LogP contribution in [0.5, 0.6) is 0 Å². The lowest BCUT2D eigenvalue weighted by Crippen LogP contribution is -2.35. The highest BCUT2D eigenvalue weighted by molar-refractivity contribution is 9.10. The van der Waals surface area contributed by atoms with Crippen LogP contribution in [0.1, 0.15) is 11.1 Å². The molecule has 0 aliphatic carbocycles. The molecule has 0 aliphatic heterocycles. The molecular weight excluding hydrogens is 324 g/mol. The van der Waals surface area contributed by atoms with E-state index in [-0.39, 0.29) is 0 Å². The van der Waals surface area contributed by atoms with Gasteiger partial charge in [-0.15, -0.1) is 0 Å². The van der Waals surface area contributed by atoms with Crippen molar-refractivity contribution in [1.82, 2.24) is 4.72 Å². The first-order chi connectivity index (χ1) is 8.25. The second kappa shape index (κ2) is 5.57. The van der Waals surface area contributed by atoms with Crippen molar-refractivity contribution < 1.29 is 17.9 Å². The molecule has 0 spiro atoms. The Labute approximate surface area is 114 Å². The lowest BCUT2D eigenvalue weighted by atomic mass is 10.1. The van der Waals surface area contributed by atoms with Crippen LogP contribution in [0.15, 0.2) is 16.6 Å². The number of hydrogen-bond donors (Lipinski definition) is 2. The van der Waals surface area contributed by atoms with Gasteiger partial charge in [0.1, 0.15) is 0 Å². The van der Waals surface area contributed by atoms with E-state index < -0.39 is 16.3 Å². The van der Waals surface area contributed by atoms with Gasteiger partial charge in [-0.05, 0) is 37.1 Å². The summed E-state index contributed by atoms with van der Waals surface area (Å²) in [6.07, 6.45) is -1.05. The number of hydrogen-bond acceptors (Lipinski definition) is 4. The summed E-state index contributed by atoms with van der Waals surface area (Å²) in [7, 11) is -2.91. The third-order valence-corrected chi connectivity index (χ3v) is 3.50. The van der Waals surface area contributed by atoms with Crippen molar-refractivity contribution >= 4 is 37.9 Å². The van der Waals surface area contributed by atoms with Crippen molar-refractivity contribution in [2.45, 2.75) is 13.8 Å². The Bertz CT molecular complexity index is 548. The molecule has 2 N–H and O–H groups in total. The van der Waals surface area contributed by atoms with Gasteiger partial charge in [-0.2, -0.15) is 8.42 Å². The van der Waals surface area contributed by atoms with Crippen LogP contribution in [0.25, 0.3) is 0 Å². The predicted octanol–water partition coefficient (Wildman–Crippen LogP) is 2.08. The van der Waals surface area contributed by atoms with Crippen LogP contribution in [-0.4, -0.2) is 21.6 Å². The lowest BCUT2D eigenvalue weighted by molar-refractivity contribution is 0.177. The van der Waals surface area contributed by atoms with Crippen LogP contribution < -0.4 is 9.44 Å². The molecule has 1 amide bonds. The number of aryl methyl sites for hydroxylation is 2. The summed E-state index contributed by atoms with van der Waals surface area (Å²) >= 11 is 3.31. The van der Waals surface area contributed by atoms with Crippen molar-refractivity contribution in [3.05, 3.63) is 27.7 Å². The highest BCUT2D eigenvalue weighted by atomic mass is 79.9. The van der Waals surface area contributed by atoms with Crippen LogP contribution in [0.4, 0.5) is 10.5 Å². The lowest BCUT2D eigenvalue weighted by Gasteiger charge is -2.13. The van der Waals surface area contributed by atoms with E-state index in [1.807, 2.05) is 0 Å². The first-order valence-electron chi connectivity index (χ1n) is 4.90. The fourth-order valence-corrected chi connectivity index (χ4v) is 3.01. The number of carbonyl (C=O) groups excluding carboxylic acids is 1. The summed E-state index contributed by atoms with van der Waals surface area (Å²) in [4.78, 5) is 10.9. The molecule has 1 aromatic rings. The molecule has 18 heavy (non-hydrogen) atoms. The van der Waals surface area contributed by atoms with Crippen molar-refractivity contribution in [1.29, 1.82) is 0 Å². The largest absolute Gasteiger partial charge is 0.452 e. The van der Waals surface area contributed by atoms with Crippen LogP contribution in [-0.2, 0) is 14.9 Å². The maximum absolute atomic E-state index is 11.6. The Morgan fingerprint density at radius 3 is 2.22 bits per heavy atom. The number of anilines is 1. The van der Waals surface area contributed by atoms with Gasteiger partial charge in [0.15, 0.2) is 0 Å². The zero-order valence-electron chi connectivity index (χ0n) is 10.1. The van der Waals surface area contributed by atoms with E-state index in [1.165, 1.54) is 0 Å². The first-order valence-corrected chi connectivity index (χ1v) is 7.18. The summed E-state index contributed by atoms with van der Waals surface area (Å²) in [6.45, 7) is 3.52. The highest BCUT2D eigenvalue weighted by Gasteiger charge is 2.16. The van der Waals surface area contributed by atoms with Gasteiger partial charge in [-0.25, -0.2) is 9.52 Å². The van der Waals surface area contributed by atoms with E-state index >= 15 is 0 Å². The molecule has 0 fully saturated rings. The minimum atomic E-state index is -3.99. The fraction of sp³-hybridized carbons (Fsp3) is 0.300. The number of carbonyl (C=O) groups is 1. The number of benzene rings is 1. The van der Waals surface area contributed by atoms with Crippen LogP contribution in [0.3, 0.4) is 0 Å². The normalized spacial score (nSPS) is 10.9. The molecule has 0 saturated carbocycles. The third-order valence-electron chi connectivity index (χ3n) is 2.14. The number of nitrogens with one attached hydrogen (secondary N) is 2. The molecule has 8 heteroatoms. The summed E-state index contributed by atoms with van der Waals surface area (Å²) < 4.78 is 32.3. The number of ether oxygens (including phenoxy) is 1. The Morgan fingerprint density at radius 1 is 1.28 bits per heavy atom. The van der Waals surface area contributed by atoms with Gasteiger partial charge in [-0.3, -0.25) is 4.72 Å². The van der Waals surface area contributed by atoms with Gasteiger partial charge in [0.05, 0.1) is 12.8 Å². The Hall–Kier alpha value is -1.28. The van der Waals surface area contributed by atoms with Crippen molar-refractivity contribution in [3.8, 4) is 0 Å². The molecule has 0 heterocycles. The van der Waals surface area contributed by atoms with Crippen molar-refractivity contribution in [3.63, 3.8) is 0 Å². The number of halogens is 1. The van der Waals surface area contributed by atoms with Crippen LogP contribution in [0.2, 0.25) is 0 Å². The van der Waals surface area contributed by atoms with Crippen LogP contribution in [0, 0.1) is 13.8 Å². The second-order valence-electron chi connectivity index (χ2n) is 3.61. The SMILES string of the molecule is COC(=O)NS(=O)(=O)Nc1c(C)cc(Br)cc1C. The van der Waals surface area contributed by atoms with E-state index in [0.717, 1.165) is 22.7 Å². The molecule has 6 nitrogen and oxygen atoms in total. The molecule has 0 saturated heterocycles. The second-order valence-corrected chi connectivity index (χ2v) is 5.94. The Kier molecular flexibility index (Phi) is 4.58. The molecule has 0 atom stereocenters. The minimum Gasteiger partial charge on any atom is -0.452 e. The molecule has 1 rings (SSSR count). The standard InChI is InChI=1S/C10H13BrN2O4S/c1-6-4-8(11)5-7(2)9(6)12-18(15,16)13-10(14)17-3/h4-5,12H,1-3H3,(H,13,14). The Morgan fingerprint density at radius 2 is 1.78 bits per heavy atom. The molecule has 0 unspecified atom stereocenters. The number of methoxy groups -OCH3 is 1. The van der Waals surface area contributed by atoms with Gasteiger partial charge >= 0.3 is 16.3 Å². The fourth-order valence-electron chi connectivity index (χ4n) is 1.38. The maximum Gasteiger partial charge on any atom is 0.422 e. The van der Waals surface area contributed by atoms with E-state index in [1.54, 1.807) is 30.7 Å². The summed E-state index contributed by atoms with van der Waals surface area (Å²) in [6, 6.07) is 3.53. The van der Waals surface area contributed by atoms with Gasteiger partial charge < -0.3 is 4.74 Å². The molecule has 0 aliphatic rings. The first kappa shape index (κ1) is 14.8. The minimum absolute atomic E-state index is 0.426. The van der Waals surface area contributed by atoms with Crippen LogP contribution >= 0.6 is 15.9 Å². The maximum atomic E-state index is 11.6. The monoisotopic (exact) mass is 336 g/mol. The summed E-state index contributed by atoms with van der Waals surface area (Å²) in [5.41, 5.74) is 1.89. The topological polar surface area (TPSA) is 84.5 Å². The van der Waals surface area contributed by atoms with Gasteiger partial charge in [0.2, 0.25) is 0 Å². The third kappa shape index (κ3) is 3.88. The quantitative estimate of drug-likeness (QED) is 0.884. The average Bonchev–Trinajstić information content (AvgIpc) is 2.22. The average molecular weight is 337 g/mol. The van der Waals surface area contributed by atoms with Crippen molar-refractivity contribution in [2.75, 3.05) is 11.8 Å². The summed E-state index contributed by atoms with van der Waals surface area (Å²) in [5.74, 6) is 0. The van der Waals surface area contributed by atoms with E-state index in [2.05, 4.69) is 25.4 Å². The molecule has 100 valence electrons. The van der Waals surface area contributed by atoms with Gasteiger partial charge in [0, 0.05) is 4.47 Å². The van der Waals surface area contributed by atoms with E-state index in [4.69, 9.17) is 0 Å². The van der Waals surface area contributed by atoms with E-state index in [0.29, 0.717) is 5.69 Å². The summed E-state index contributed by atoms with van der Waals surface area (Å²) in [5, 5.41) is 0. The zero-order valence-corrected chi connectivity index (χ0v) is 12.5. The molecular formula is C10H13BrN2O4S. The molecule has 1 aromatic carbocycles. The highest BCUT2D eigenvalue weighted by Crippen LogP contribution is 2.25. The van der Waals surface area contributed by atoms with Crippen molar-refractivity contribution in [2.24, 2.45) is 0 Å². The van der Waals surface area contributed by atoms with E-state index in [9.17, 15) is 13.2 Å². The van der Waals surface area contributed by atoms with Gasteiger partial charge in [-0.1, -0.05) is 15.9 Å². The predicted molar refractivity (Wildman–Crippen MR) is 71.7 cm³/mol. The molecule has 0 bridgehead atoms. The molecule has 0 radical (unpaired) electrons. The Balaban J connectivity index is 3.01. The number of amides is 1. The smallest absolute Gasteiger partial charge is 0.422 e. The molecule has 0 aromatic heterocycles. The van der Waals surface area contributed by atoms with Gasteiger partial charge in [0.25, 0.3) is 0 Å². The zero-order chi connectivity index (χ0) is 13.9. The number of rotatable bonds is 3.